The molecule has 1 aromatic heterocycles. The first kappa shape index (κ1) is 20.1. The van der Waals surface area contributed by atoms with Crippen LogP contribution in [0, 0.1) is 0 Å². The van der Waals surface area contributed by atoms with Gasteiger partial charge in [0.25, 0.3) is 5.91 Å². The highest BCUT2D eigenvalue weighted by molar-refractivity contribution is 5.92. The molecule has 0 saturated carbocycles. The van der Waals surface area contributed by atoms with Gasteiger partial charge < -0.3 is 15.5 Å². The number of carbonyl (C=O) groups is 2. The number of rotatable bonds is 7. The van der Waals surface area contributed by atoms with E-state index in [0.29, 0.717) is 24.5 Å². The Morgan fingerprint density at radius 2 is 1.69 bits per heavy atom. The second-order valence-corrected chi connectivity index (χ2v) is 6.62. The summed E-state index contributed by atoms with van der Waals surface area (Å²) in [6.45, 7) is 4.58. The highest BCUT2D eigenvalue weighted by atomic mass is 16.2. The van der Waals surface area contributed by atoms with Gasteiger partial charge in [-0.2, -0.15) is 0 Å². The Bertz CT molecular complexity index is 972. The van der Waals surface area contributed by atoms with Crippen molar-refractivity contribution < 1.29 is 9.59 Å². The molecule has 2 aromatic carbocycles. The largest absolute Gasteiger partial charge is 0.354 e. The lowest BCUT2D eigenvalue weighted by molar-refractivity contribution is -0.114. The molecule has 3 aromatic rings. The number of hydrogen-bond acceptors (Lipinski definition) is 4. The second-order valence-electron chi connectivity index (χ2n) is 6.62. The van der Waals surface area contributed by atoms with Crippen LogP contribution in [-0.2, 0) is 11.3 Å². The van der Waals surface area contributed by atoms with Crippen LogP contribution in [0.2, 0.25) is 0 Å². The lowest BCUT2D eigenvalue weighted by Gasteiger charge is -2.20. The van der Waals surface area contributed by atoms with E-state index in [0.717, 1.165) is 16.9 Å². The first-order valence-corrected chi connectivity index (χ1v) is 9.49. The third kappa shape index (κ3) is 5.65. The Kier molecular flexibility index (Phi) is 6.58. The molecule has 148 valence electrons. The zero-order valence-corrected chi connectivity index (χ0v) is 16.6. The van der Waals surface area contributed by atoms with Crippen molar-refractivity contribution in [1.29, 1.82) is 0 Å². The summed E-state index contributed by atoms with van der Waals surface area (Å²) < 4.78 is 0. The molecule has 2 amide bonds. The molecular formula is C23H24N4O2. The van der Waals surface area contributed by atoms with Crippen LogP contribution < -0.4 is 10.6 Å². The summed E-state index contributed by atoms with van der Waals surface area (Å²) in [5.41, 5.74) is 3.77. The molecule has 0 radical (unpaired) electrons. The highest BCUT2D eigenvalue weighted by Crippen LogP contribution is 2.20. The number of benzene rings is 2. The molecule has 0 bridgehead atoms. The standard InChI is InChI=1S/C23H24N4O2/c1-3-27(16-18-8-5-4-6-9-18)23(29)22-13-12-21(15-24-22)26-20-11-7-10-19(14-20)25-17(2)28/h4-15,26H,3,16H2,1-2H3,(H,25,28). The van der Waals surface area contributed by atoms with E-state index in [2.05, 4.69) is 15.6 Å². The van der Waals surface area contributed by atoms with Gasteiger partial charge in [-0.25, -0.2) is 4.98 Å². The summed E-state index contributed by atoms with van der Waals surface area (Å²) in [5, 5.41) is 5.98. The molecule has 0 aliphatic rings. The van der Waals surface area contributed by atoms with Gasteiger partial charge in [0, 0.05) is 31.4 Å². The van der Waals surface area contributed by atoms with Gasteiger partial charge in [-0.1, -0.05) is 36.4 Å². The van der Waals surface area contributed by atoms with Crippen molar-refractivity contribution in [2.24, 2.45) is 0 Å². The van der Waals surface area contributed by atoms with Crippen LogP contribution in [0.15, 0.2) is 72.9 Å². The molecule has 29 heavy (non-hydrogen) atoms. The molecule has 1 heterocycles. The van der Waals surface area contributed by atoms with Crippen molar-refractivity contribution in [1.82, 2.24) is 9.88 Å². The fourth-order valence-corrected chi connectivity index (χ4v) is 2.93. The summed E-state index contributed by atoms with van der Waals surface area (Å²) >= 11 is 0. The van der Waals surface area contributed by atoms with Gasteiger partial charge >= 0.3 is 0 Å². The topological polar surface area (TPSA) is 74.3 Å². The van der Waals surface area contributed by atoms with Crippen LogP contribution >= 0.6 is 0 Å². The van der Waals surface area contributed by atoms with E-state index in [4.69, 9.17) is 0 Å². The second kappa shape index (κ2) is 9.50. The van der Waals surface area contributed by atoms with Crippen molar-refractivity contribution in [2.45, 2.75) is 20.4 Å². The molecule has 0 atom stereocenters. The zero-order chi connectivity index (χ0) is 20.6. The number of aromatic nitrogens is 1. The van der Waals surface area contributed by atoms with E-state index in [9.17, 15) is 9.59 Å². The number of nitrogens with one attached hydrogen (secondary N) is 2. The predicted molar refractivity (Wildman–Crippen MR) is 115 cm³/mol. The molecular weight excluding hydrogens is 364 g/mol. The van der Waals surface area contributed by atoms with Gasteiger partial charge in [0.1, 0.15) is 5.69 Å². The van der Waals surface area contributed by atoms with E-state index < -0.39 is 0 Å². The Morgan fingerprint density at radius 1 is 0.931 bits per heavy atom. The third-order valence-corrected chi connectivity index (χ3v) is 4.34. The molecule has 0 saturated heterocycles. The number of amides is 2. The van der Waals surface area contributed by atoms with Crippen molar-refractivity contribution >= 4 is 28.9 Å². The summed E-state index contributed by atoms with van der Waals surface area (Å²) in [6, 6.07) is 20.8. The van der Waals surface area contributed by atoms with E-state index >= 15 is 0 Å². The zero-order valence-electron chi connectivity index (χ0n) is 16.6. The normalized spacial score (nSPS) is 10.3. The summed E-state index contributed by atoms with van der Waals surface area (Å²) in [7, 11) is 0. The van der Waals surface area contributed by atoms with Gasteiger partial charge in [0.2, 0.25) is 5.91 Å². The van der Waals surface area contributed by atoms with Crippen LogP contribution in [0.5, 0.6) is 0 Å². The molecule has 0 unspecified atom stereocenters. The van der Waals surface area contributed by atoms with Gasteiger partial charge in [-0.05, 0) is 42.8 Å². The number of carbonyl (C=O) groups excluding carboxylic acids is 2. The van der Waals surface area contributed by atoms with Crippen LogP contribution in [0.1, 0.15) is 29.9 Å². The van der Waals surface area contributed by atoms with Crippen molar-refractivity contribution in [2.75, 3.05) is 17.2 Å². The maximum Gasteiger partial charge on any atom is 0.272 e. The molecule has 3 rings (SSSR count). The van der Waals surface area contributed by atoms with Gasteiger partial charge in [0.05, 0.1) is 11.9 Å². The van der Waals surface area contributed by atoms with Gasteiger partial charge in [-0.15, -0.1) is 0 Å². The molecule has 6 nitrogen and oxygen atoms in total. The van der Waals surface area contributed by atoms with E-state index in [1.165, 1.54) is 6.92 Å². The molecule has 0 fully saturated rings. The minimum absolute atomic E-state index is 0.101. The summed E-state index contributed by atoms with van der Waals surface area (Å²) in [6.07, 6.45) is 1.63. The smallest absolute Gasteiger partial charge is 0.272 e. The predicted octanol–water partition coefficient (Wildman–Crippen LogP) is 4.45. The van der Waals surface area contributed by atoms with E-state index in [1.54, 1.807) is 17.2 Å². The minimum Gasteiger partial charge on any atom is -0.354 e. The molecule has 0 aliphatic heterocycles. The molecule has 6 heteroatoms. The van der Waals surface area contributed by atoms with Crippen LogP contribution in [0.3, 0.4) is 0 Å². The third-order valence-electron chi connectivity index (χ3n) is 4.34. The Balaban J connectivity index is 1.67. The van der Waals surface area contributed by atoms with Gasteiger partial charge in [0.15, 0.2) is 0 Å². The quantitative estimate of drug-likeness (QED) is 0.627. The van der Waals surface area contributed by atoms with E-state index in [1.807, 2.05) is 67.6 Å². The average molecular weight is 388 g/mol. The first-order valence-electron chi connectivity index (χ1n) is 9.49. The lowest BCUT2D eigenvalue weighted by Crippen LogP contribution is -2.30. The molecule has 0 aliphatic carbocycles. The van der Waals surface area contributed by atoms with Crippen molar-refractivity contribution in [3.63, 3.8) is 0 Å². The Labute approximate surface area is 170 Å². The Hall–Kier alpha value is -3.67. The monoisotopic (exact) mass is 388 g/mol. The van der Waals surface area contributed by atoms with Crippen molar-refractivity contribution in [3.8, 4) is 0 Å². The van der Waals surface area contributed by atoms with Crippen LogP contribution in [0.25, 0.3) is 0 Å². The maximum atomic E-state index is 12.8. The maximum absolute atomic E-state index is 12.8. The summed E-state index contributed by atoms with van der Waals surface area (Å²) in [4.78, 5) is 30.1. The first-order chi connectivity index (χ1) is 14.0. The number of hydrogen-bond donors (Lipinski definition) is 2. The average Bonchev–Trinajstić information content (AvgIpc) is 2.72. The summed E-state index contributed by atoms with van der Waals surface area (Å²) in [5.74, 6) is -0.224. The van der Waals surface area contributed by atoms with Crippen LogP contribution in [-0.4, -0.2) is 28.2 Å². The highest BCUT2D eigenvalue weighted by Gasteiger charge is 2.15. The van der Waals surface area contributed by atoms with Crippen molar-refractivity contribution in [3.05, 3.63) is 84.2 Å². The Morgan fingerprint density at radius 3 is 2.34 bits per heavy atom. The molecule has 0 spiro atoms. The number of anilines is 3. The lowest BCUT2D eigenvalue weighted by atomic mass is 10.2. The minimum atomic E-state index is -0.123. The number of nitrogens with zero attached hydrogens (tertiary/aromatic N) is 2. The number of pyridine rings is 1. The fourth-order valence-electron chi connectivity index (χ4n) is 2.93. The van der Waals surface area contributed by atoms with E-state index in [-0.39, 0.29) is 11.8 Å². The fraction of sp³-hybridized carbons (Fsp3) is 0.174. The SMILES string of the molecule is CCN(Cc1ccccc1)C(=O)c1ccc(Nc2cccc(NC(C)=O)c2)cn1. The van der Waals surface area contributed by atoms with Crippen LogP contribution in [0.4, 0.5) is 17.1 Å². The molecule has 2 N–H and O–H groups in total. The van der Waals surface area contributed by atoms with Gasteiger partial charge in [-0.3, -0.25) is 9.59 Å².